The van der Waals surface area contributed by atoms with Crippen LogP contribution in [0.3, 0.4) is 0 Å². The maximum absolute atomic E-state index is 13.5. The van der Waals surface area contributed by atoms with Gasteiger partial charge in [0, 0.05) is 0 Å². The summed E-state index contributed by atoms with van der Waals surface area (Å²) in [5.41, 5.74) is 7.40. The molecule has 0 amide bonds. The molecule has 4 unspecified atom stereocenters. The lowest BCUT2D eigenvalue weighted by Gasteiger charge is -2.28. The number of benzene rings is 8. The first-order valence-electron chi connectivity index (χ1n) is 27.5. The van der Waals surface area contributed by atoms with Crippen LogP contribution in [0.4, 0.5) is 0 Å². The van der Waals surface area contributed by atoms with Crippen LogP contribution in [0.25, 0.3) is 24.3 Å². The molecule has 14 nitrogen and oxygen atoms in total. The van der Waals surface area contributed by atoms with E-state index >= 15 is 0 Å². The summed E-state index contributed by atoms with van der Waals surface area (Å²) in [6.07, 6.45) is 8.89. The fourth-order valence-electron chi connectivity index (χ4n) is 8.82. The molecule has 0 radical (unpaired) electrons. The monoisotopic (exact) mass is 1160 g/mol. The second kappa shape index (κ2) is 32.0. The molecule has 0 aromatic heterocycles. The van der Waals surface area contributed by atoms with E-state index in [2.05, 4.69) is 0 Å². The highest BCUT2D eigenvalue weighted by atomic mass is 16.6. The van der Waals surface area contributed by atoms with Gasteiger partial charge in [0.1, 0.15) is 23.0 Å². The van der Waals surface area contributed by atoms with Crippen molar-refractivity contribution in [1.82, 2.24) is 0 Å². The molecule has 0 aliphatic rings. The van der Waals surface area contributed by atoms with Crippen LogP contribution in [0.1, 0.15) is 131 Å². The van der Waals surface area contributed by atoms with Crippen LogP contribution in [0, 0.1) is 0 Å². The molecular weight excluding hydrogens is 1090 g/mol. The number of aliphatic hydroxyl groups is 2. The first-order chi connectivity index (χ1) is 41.8. The first-order valence-corrected chi connectivity index (χ1v) is 27.5. The normalized spacial score (nSPS) is 12.6. The Morgan fingerprint density at radius 1 is 0.302 bits per heavy atom. The Hall–Kier alpha value is -10.3. The van der Waals surface area contributed by atoms with Crippen LogP contribution in [-0.2, 0) is 18.9 Å². The van der Waals surface area contributed by atoms with Gasteiger partial charge in [0.15, 0.2) is 30.7 Å². The van der Waals surface area contributed by atoms with Gasteiger partial charge in [0.25, 0.3) is 0 Å². The number of aliphatic hydroxyl groups excluding tert-OH is 1. The van der Waals surface area contributed by atoms with Crippen molar-refractivity contribution >= 4 is 48.2 Å². The third-order valence-corrected chi connectivity index (χ3v) is 13.4. The molecule has 8 aromatic rings. The second-order valence-corrected chi connectivity index (χ2v) is 19.2. The summed E-state index contributed by atoms with van der Waals surface area (Å²) in [4.78, 5) is 53.9. The van der Waals surface area contributed by atoms with Crippen LogP contribution in [0.5, 0.6) is 23.0 Å². The Kier molecular flexibility index (Phi) is 23.5. The summed E-state index contributed by atoms with van der Waals surface area (Å²) in [7, 11) is 6.19. The highest BCUT2D eigenvalue weighted by Gasteiger charge is 2.35. The fraction of sp³-hybridized carbons (Fsp3) is 0.167. The Morgan fingerprint density at radius 2 is 0.500 bits per heavy atom. The van der Waals surface area contributed by atoms with Crippen LogP contribution in [0.2, 0.25) is 0 Å². The molecule has 2 N–H and O–H groups in total. The van der Waals surface area contributed by atoms with Crippen LogP contribution >= 0.6 is 0 Å². The molecular formula is C72H68O14. The third-order valence-electron chi connectivity index (χ3n) is 13.4. The molecule has 0 bridgehead atoms. The summed E-state index contributed by atoms with van der Waals surface area (Å²) in [6, 6.07) is 56.0. The van der Waals surface area contributed by atoms with Crippen molar-refractivity contribution in [1.29, 1.82) is 0 Å². The fourth-order valence-corrected chi connectivity index (χ4v) is 8.82. The maximum atomic E-state index is 13.5. The van der Waals surface area contributed by atoms with Crippen molar-refractivity contribution in [3.8, 4) is 23.0 Å². The minimum atomic E-state index is -1.60. The Balaban J connectivity index is 0.000000246. The van der Waals surface area contributed by atoms with Gasteiger partial charge in [-0.05, 0) is 168 Å². The van der Waals surface area contributed by atoms with Gasteiger partial charge >= 0.3 is 23.9 Å². The van der Waals surface area contributed by atoms with Gasteiger partial charge in [-0.3, -0.25) is 0 Å². The maximum Gasteiger partial charge on any atom is 0.338 e. The Labute approximate surface area is 501 Å². The van der Waals surface area contributed by atoms with E-state index in [0.29, 0.717) is 67.5 Å². The SMILES string of the molecule is C/C=C/c1ccc(C(OC(=O)c2ccc(OC)cc2)C(OC(=O)c2ccc(OC)cc2)c2ccc(/C=C/C(O)O)cc2)cc1.C/C=C/c1ccc(C(OC(=O)c2ccc(OC)cc2)C(OC(=O)c2ccc(OC)cc2)c2ccc(/C=C/C)cc2)cc1. The zero-order valence-electron chi connectivity index (χ0n) is 48.8. The standard InChI is InChI=1S/C36H34O8.C36H34O6/c1-4-5-24-6-11-26(12-7-24)33(43-35(39)28-15-19-30(41-2)20-16-28)34(27-13-8-25(9-14-27)10-23-32(37)38)44-36(40)29-17-21-31(42-3)22-18-29;1-5-7-25-9-13-27(14-10-25)33(41-35(37)29-17-21-31(39-3)22-18-29)34(28-15-11-26(8-6-2)12-16-28)42-36(38)30-19-23-32(40-4)24-20-30/h4-23,32-34,37-38H,1-3H3;5-24,33-34H,1-4H3/b5-4+,23-10+;7-5+,8-6+. The van der Waals surface area contributed by atoms with Gasteiger partial charge < -0.3 is 48.1 Å². The second-order valence-electron chi connectivity index (χ2n) is 19.2. The van der Waals surface area contributed by atoms with E-state index in [1.807, 2.05) is 130 Å². The number of ether oxygens (including phenoxy) is 8. The molecule has 8 rings (SSSR count). The summed E-state index contributed by atoms with van der Waals surface area (Å²) >= 11 is 0. The lowest BCUT2D eigenvalue weighted by molar-refractivity contribution is -0.0388. The quantitative estimate of drug-likeness (QED) is 0.0350. The molecule has 0 saturated carbocycles. The van der Waals surface area contributed by atoms with E-state index in [1.165, 1.54) is 20.3 Å². The average molecular weight is 1160 g/mol. The number of allylic oxidation sites excluding steroid dienone is 3. The Bertz CT molecular complexity index is 3450. The largest absolute Gasteiger partial charge is 0.497 e. The topological polar surface area (TPSA) is 183 Å². The number of rotatable bonds is 23. The van der Waals surface area contributed by atoms with E-state index < -0.39 is 54.6 Å². The van der Waals surface area contributed by atoms with Crippen molar-refractivity contribution in [2.45, 2.75) is 51.5 Å². The number of hydrogen-bond acceptors (Lipinski definition) is 14. The van der Waals surface area contributed by atoms with Crippen molar-refractivity contribution in [2.24, 2.45) is 0 Å². The van der Waals surface area contributed by atoms with E-state index in [1.54, 1.807) is 142 Å². The van der Waals surface area contributed by atoms with Crippen LogP contribution in [-0.4, -0.2) is 68.8 Å². The molecule has 14 heteroatoms. The van der Waals surface area contributed by atoms with Gasteiger partial charge in [0.05, 0.1) is 50.7 Å². The van der Waals surface area contributed by atoms with Gasteiger partial charge in [-0.25, -0.2) is 19.2 Å². The molecule has 440 valence electrons. The van der Waals surface area contributed by atoms with Gasteiger partial charge in [0.2, 0.25) is 0 Å². The number of esters is 4. The lowest BCUT2D eigenvalue weighted by atomic mass is 9.95. The number of carbonyl (C=O) groups is 4. The highest BCUT2D eigenvalue weighted by molar-refractivity contribution is 5.92. The number of hydrogen-bond donors (Lipinski definition) is 2. The minimum absolute atomic E-state index is 0.288. The molecule has 0 heterocycles. The first kappa shape index (κ1) is 63.3. The van der Waals surface area contributed by atoms with Gasteiger partial charge in [-0.1, -0.05) is 140 Å². The van der Waals surface area contributed by atoms with E-state index in [0.717, 1.165) is 16.7 Å². The molecule has 0 saturated heterocycles. The number of carbonyl (C=O) groups excluding carboxylic acids is 4. The van der Waals surface area contributed by atoms with Crippen molar-refractivity contribution in [3.63, 3.8) is 0 Å². The van der Waals surface area contributed by atoms with Crippen molar-refractivity contribution < 1.29 is 67.3 Å². The summed E-state index contributed by atoms with van der Waals surface area (Å²) < 4.78 is 45.4. The van der Waals surface area contributed by atoms with E-state index in [-0.39, 0.29) is 5.56 Å². The lowest BCUT2D eigenvalue weighted by Crippen LogP contribution is -2.23. The average Bonchev–Trinajstić information content (AvgIpc) is 3.13. The smallest absolute Gasteiger partial charge is 0.338 e. The van der Waals surface area contributed by atoms with E-state index in [9.17, 15) is 29.4 Å². The molecule has 0 fully saturated rings. The highest BCUT2D eigenvalue weighted by Crippen LogP contribution is 2.40. The summed E-state index contributed by atoms with van der Waals surface area (Å²) in [5, 5.41) is 18.4. The molecule has 86 heavy (non-hydrogen) atoms. The summed E-state index contributed by atoms with van der Waals surface area (Å²) in [5.74, 6) is 0.0603. The predicted octanol–water partition coefficient (Wildman–Crippen LogP) is 14.8. The summed E-state index contributed by atoms with van der Waals surface area (Å²) in [6.45, 7) is 5.81. The zero-order valence-corrected chi connectivity index (χ0v) is 48.8. The van der Waals surface area contributed by atoms with Crippen molar-refractivity contribution in [2.75, 3.05) is 28.4 Å². The van der Waals surface area contributed by atoms with Crippen LogP contribution in [0.15, 0.2) is 218 Å². The molecule has 4 atom stereocenters. The minimum Gasteiger partial charge on any atom is -0.497 e. The van der Waals surface area contributed by atoms with Crippen LogP contribution < -0.4 is 18.9 Å². The van der Waals surface area contributed by atoms with E-state index in [4.69, 9.17) is 37.9 Å². The molecule has 0 spiro atoms. The zero-order chi connectivity index (χ0) is 61.4. The molecule has 8 aromatic carbocycles. The Morgan fingerprint density at radius 3 is 0.674 bits per heavy atom. The van der Waals surface area contributed by atoms with Gasteiger partial charge in [-0.15, -0.1) is 0 Å². The molecule has 0 aliphatic carbocycles. The number of methoxy groups -OCH3 is 4. The molecule has 0 aliphatic heterocycles. The predicted molar refractivity (Wildman–Crippen MR) is 332 cm³/mol. The van der Waals surface area contributed by atoms with Crippen molar-refractivity contribution in [3.05, 3.63) is 285 Å². The third kappa shape index (κ3) is 17.9. The van der Waals surface area contributed by atoms with Gasteiger partial charge in [-0.2, -0.15) is 0 Å².